The molecule has 6 nitrogen and oxygen atoms in total. The van der Waals surface area contributed by atoms with Gasteiger partial charge in [-0.1, -0.05) is 29.8 Å². The first-order valence-electron chi connectivity index (χ1n) is 7.12. The fourth-order valence-corrected chi connectivity index (χ4v) is 1.78. The number of hydrogen-bond donors (Lipinski definition) is 2. The number of aliphatic carboxylic acids is 1. The molecule has 0 saturated heterocycles. The fourth-order valence-electron chi connectivity index (χ4n) is 1.78. The Morgan fingerprint density at radius 3 is 2.36 bits per heavy atom. The van der Waals surface area contributed by atoms with Gasteiger partial charge in [-0.05, 0) is 25.8 Å². The molecule has 0 aliphatic heterocycles. The van der Waals surface area contributed by atoms with Crippen LogP contribution in [0, 0.1) is 6.92 Å². The van der Waals surface area contributed by atoms with Crippen molar-refractivity contribution in [2.75, 3.05) is 13.6 Å². The van der Waals surface area contributed by atoms with E-state index in [1.54, 1.807) is 0 Å². The van der Waals surface area contributed by atoms with Crippen molar-refractivity contribution in [3.8, 4) is 0 Å². The maximum absolute atomic E-state index is 11.8. The van der Waals surface area contributed by atoms with Crippen LogP contribution in [0.5, 0.6) is 0 Å². The molecule has 6 heteroatoms. The summed E-state index contributed by atoms with van der Waals surface area (Å²) in [6, 6.07) is 6.99. The van der Waals surface area contributed by atoms with Gasteiger partial charge in [0.15, 0.2) is 0 Å². The minimum absolute atomic E-state index is 0.194. The number of likely N-dealkylation sites (N-methyl/N-ethyl adjacent to an activating group) is 1. The van der Waals surface area contributed by atoms with Gasteiger partial charge in [-0.15, -0.1) is 0 Å². The average molecular weight is 306 g/mol. The van der Waals surface area contributed by atoms with Gasteiger partial charge in [0.05, 0.1) is 6.54 Å². The smallest absolute Gasteiger partial charge is 0.326 e. The molecule has 2 amide bonds. The quantitative estimate of drug-likeness (QED) is 0.786. The summed E-state index contributed by atoms with van der Waals surface area (Å²) in [5.41, 5.74) is 2.22. The van der Waals surface area contributed by atoms with Crippen molar-refractivity contribution in [2.45, 2.75) is 32.7 Å². The highest BCUT2D eigenvalue weighted by Crippen LogP contribution is 2.05. The van der Waals surface area contributed by atoms with Gasteiger partial charge in [-0.2, -0.15) is 0 Å². The molecule has 1 aromatic carbocycles. The maximum Gasteiger partial charge on any atom is 0.326 e. The minimum atomic E-state index is -1.08. The first-order valence-corrected chi connectivity index (χ1v) is 7.12. The third kappa shape index (κ3) is 5.55. The number of carboxylic acids is 1. The van der Waals surface area contributed by atoms with E-state index in [-0.39, 0.29) is 18.9 Å². The van der Waals surface area contributed by atoms with Gasteiger partial charge >= 0.3 is 5.97 Å². The Hall–Kier alpha value is -2.37. The van der Waals surface area contributed by atoms with Gasteiger partial charge in [-0.25, -0.2) is 4.79 Å². The van der Waals surface area contributed by atoms with Crippen LogP contribution >= 0.6 is 0 Å². The lowest BCUT2D eigenvalue weighted by molar-refractivity contribution is -0.148. The minimum Gasteiger partial charge on any atom is -0.480 e. The first-order chi connectivity index (χ1) is 10.3. The summed E-state index contributed by atoms with van der Waals surface area (Å²) in [7, 11) is 1.40. The van der Waals surface area contributed by atoms with E-state index in [4.69, 9.17) is 5.11 Å². The second-order valence-corrected chi connectivity index (χ2v) is 5.28. The van der Waals surface area contributed by atoms with Gasteiger partial charge < -0.3 is 15.3 Å². The van der Waals surface area contributed by atoms with Gasteiger partial charge in [0.1, 0.15) is 6.04 Å². The lowest BCUT2D eigenvalue weighted by Crippen LogP contribution is -2.45. The first kappa shape index (κ1) is 17.7. The topological polar surface area (TPSA) is 86.7 Å². The van der Waals surface area contributed by atoms with Crippen molar-refractivity contribution in [3.63, 3.8) is 0 Å². The second-order valence-electron chi connectivity index (χ2n) is 5.28. The zero-order valence-electron chi connectivity index (χ0n) is 13.1. The summed E-state index contributed by atoms with van der Waals surface area (Å²) in [5.74, 6) is -1.74. The molecule has 0 aliphatic carbocycles. The summed E-state index contributed by atoms with van der Waals surface area (Å²) in [6.45, 7) is 3.22. The molecule has 0 saturated carbocycles. The fraction of sp³-hybridized carbons (Fsp3) is 0.438. The molecule has 1 atom stereocenters. The van der Waals surface area contributed by atoms with Crippen molar-refractivity contribution in [1.82, 2.24) is 10.2 Å². The molecule has 1 rings (SSSR count). The van der Waals surface area contributed by atoms with E-state index in [9.17, 15) is 14.4 Å². The highest BCUT2D eigenvalue weighted by atomic mass is 16.4. The number of carboxylic acid groups (broad SMARTS) is 1. The van der Waals surface area contributed by atoms with Crippen LogP contribution in [0.2, 0.25) is 0 Å². The molecule has 0 radical (unpaired) electrons. The molecule has 0 bridgehead atoms. The number of aryl methyl sites for hydroxylation is 2. The van der Waals surface area contributed by atoms with Crippen LogP contribution in [-0.2, 0) is 20.8 Å². The zero-order valence-corrected chi connectivity index (χ0v) is 13.1. The van der Waals surface area contributed by atoms with Crippen LogP contribution in [-0.4, -0.2) is 47.4 Å². The van der Waals surface area contributed by atoms with Crippen LogP contribution in [0.15, 0.2) is 24.3 Å². The normalized spacial score (nSPS) is 11.6. The Bertz CT molecular complexity index is 540. The van der Waals surface area contributed by atoms with Crippen LogP contribution in [0.3, 0.4) is 0 Å². The molecule has 0 aliphatic rings. The number of amides is 2. The predicted molar refractivity (Wildman–Crippen MR) is 82.4 cm³/mol. The molecule has 1 aromatic rings. The Labute approximate surface area is 130 Å². The van der Waals surface area contributed by atoms with Crippen molar-refractivity contribution in [1.29, 1.82) is 0 Å². The van der Waals surface area contributed by atoms with Gasteiger partial charge in [0.25, 0.3) is 0 Å². The molecule has 0 fully saturated rings. The van der Waals surface area contributed by atoms with Crippen molar-refractivity contribution < 1.29 is 19.5 Å². The number of rotatable bonds is 7. The van der Waals surface area contributed by atoms with E-state index < -0.39 is 17.9 Å². The summed E-state index contributed by atoms with van der Waals surface area (Å²) in [4.78, 5) is 35.4. The Balaban J connectivity index is 2.35. The van der Waals surface area contributed by atoms with Crippen molar-refractivity contribution >= 4 is 17.8 Å². The van der Waals surface area contributed by atoms with Crippen LogP contribution in [0.1, 0.15) is 24.5 Å². The van der Waals surface area contributed by atoms with E-state index in [1.165, 1.54) is 14.0 Å². The van der Waals surface area contributed by atoms with Gasteiger partial charge in [-0.3, -0.25) is 9.59 Å². The van der Waals surface area contributed by atoms with E-state index in [2.05, 4.69) is 5.32 Å². The molecular weight excluding hydrogens is 284 g/mol. The third-order valence-corrected chi connectivity index (χ3v) is 3.53. The number of benzene rings is 1. The number of carbonyl (C=O) groups excluding carboxylic acids is 2. The summed E-state index contributed by atoms with van der Waals surface area (Å²) in [5, 5.41) is 11.3. The summed E-state index contributed by atoms with van der Waals surface area (Å²) < 4.78 is 0. The predicted octanol–water partition coefficient (Wildman–Crippen LogP) is 0.975. The number of nitrogens with one attached hydrogen (secondary N) is 1. The summed E-state index contributed by atoms with van der Waals surface area (Å²) in [6.07, 6.45) is 0.885. The summed E-state index contributed by atoms with van der Waals surface area (Å²) >= 11 is 0. The Morgan fingerprint density at radius 2 is 1.82 bits per heavy atom. The van der Waals surface area contributed by atoms with Crippen LogP contribution in [0.4, 0.5) is 0 Å². The average Bonchev–Trinajstić information content (AvgIpc) is 2.50. The molecule has 1 unspecified atom stereocenters. The molecule has 22 heavy (non-hydrogen) atoms. The lowest BCUT2D eigenvalue weighted by atomic mass is 10.1. The molecule has 120 valence electrons. The standard InChI is InChI=1S/C16H22N2O4/c1-11-4-6-13(7-5-11)8-9-14(19)17-10-15(20)18(3)12(2)16(21)22/h4-7,12H,8-10H2,1-3H3,(H,17,19)(H,21,22). The largest absolute Gasteiger partial charge is 0.480 e. The van der Waals surface area contributed by atoms with Crippen molar-refractivity contribution in [3.05, 3.63) is 35.4 Å². The van der Waals surface area contributed by atoms with E-state index in [1.807, 2.05) is 31.2 Å². The highest BCUT2D eigenvalue weighted by Gasteiger charge is 2.21. The monoisotopic (exact) mass is 306 g/mol. The molecule has 0 aromatic heterocycles. The van der Waals surface area contributed by atoms with E-state index in [0.717, 1.165) is 16.0 Å². The van der Waals surface area contributed by atoms with Gasteiger partial charge in [0.2, 0.25) is 11.8 Å². The SMILES string of the molecule is Cc1ccc(CCC(=O)NCC(=O)N(C)C(C)C(=O)O)cc1. The van der Waals surface area contributed by atoms with E-state index >= 15 is 0 Å². The Morgan fingerprint density at radius 1 is 1.23 bits per heavy atom. The lowest BCUT2D eigenvalue weighted by Gasteiger charge is -2.21. The highest BCUT2D eigenvalue weighted by molar-refractivity contribution is 5.87. The third-order valence-electron chi connectivity index (χ3n) is 3.53. The number of nitrogens with zero attached hydrogens (tertiary/aromatic N) is 1. The Kier molecular flexibility index (Phi) is 6.56. The van der Waals surface area contributed by atoms with Crippen LogP contribution in [0.25, 0.3) is 0 Å². The van der Waals surface area contributed by atoms with Gasteiger partial charge in [0, 0.05) is 13.5 Å². The molecular formula is C16H22N2O4. The maximum atomic E-state index is 11.8. The number of hydrogen-bond acceptors (Lipinski definition) is 3. The molecule has 0 spiro atoms. The van der Waals surface area contributed by atoms with E-state index in [0.29, 0.717) is 6.42 Å². The van der Waals surface area contributed by atoms with Crippen LogP contribution < -0.4 is 5.32 Å². The molecule has 0 heterocycles. The molecule has 2 N–H and O–H groups in total. The van der Waals surface area contributed by atoms with Crippen molar-refractivity contribution in [2.24, 2.45) is 0 Å². The second kappa shape index (κ2) is 8.17. The zero-order chi connectivity index (χ0) is 16.7. The number of carbonyl (C=O) groups is 3.